The van der Waals surface area contributed by atoms with Gasteiger partial charge in [-0.1, -0.05) is 37.6 Å². The largest absolute Gasteiger partial charge is 0.351 e. The highest BCUT2D eigenvalue weighted by atomic mass is 35.5. The first-order valence-corrected chi connectivity index (χ1v) is 8.08. The molecule has 126 valence electrons. The van der Waals surface area contributed by atoms with Crippen LogP contribution in [0.4, 0.5) is 5.69 Å². The van der Waals surface area contributed by atoms with Crippen LogP contribution in [0.3, 0.4) is 0 Å². The lowest BCUT2D eigenvalue weighted by atomic mass is 9.84. The molecule has 0 radical (unpaired) electrons. The average molecular weight is 345 g/mol. The van der Waals surface area contributed by atoms with E-state index in [1.807, 2.05) is 24.3 Å². The first-order valence-electron chi connectivity index (χ1n) is 7.70. The molecule has 0 unspecified atom stereocenters. The number of carbonyl (C=O) groups excluding carboxylic acids is 2. The highest BCUT2D eigenvalue weighted by Crippen LogP contribution is 2.25. The van der Waals surface area contributed by atoms with Crippen molar-refractivity contribution in [3.63, 3.8) is 0 Å². The molecule has 0 bridgehead atoms. The molecule has 24 heavy (non-hydrogen) atoms. The summed E-state index contributed by atoms with van der Waals surface area (Å²) in [5.41, 5.74) is 2.04. The molecule has 0 heterocycles. The van der Waals surface area contributed by atoms with Crippen LogP contribution in [0.5, 0.6) is 0 Å². The first-order chi connectivity index (χ1) is 11.3. The topological polar surface area (TPSA) is 58.2 Å². The second-order valence-corrected chi connectivity index (χ2v) is 6.77. The predicted molar refractivity (Wildman–Crippen MR) is 97.6 cm³/mol. The van der Waals surface area contributed by atoms with Gasteiger partial charge >= 0.3 is 0 Å². The lowest BCUT2D eigenvalue weighted by Crippen LogP contribution is -2.36. The number of hydrogen-bond donors (Lipinski definition) is 2. The summed E-state index contributed by atoms with van der Waals surface area (Å²) in [6, 6.07) is 14.4. The minimum absolute atomic E-state index is 0.143. The molecular weight excluding hydrogens is 324 g/mol. The van der Waals surface area contributed by atoms with E-state index in [1.54, 1.807) is 24.3 Å². The van der Waals surface area contributed by atoms with Crippen molar-refractivity contribution >= 4 is 29.1 Å². The summed E-state index contributed by atoms with van der Waals surface area (Å²) in [6.07, 6.45) is 0. The number of carbonyl (C=O) groups is 2. The van der Waals surface area contributed by atoms with Gasteiger partial charge in [-0.25, -0.2) is 0 Å². The molecule has 0 aliphatic heterocycles. The highest BCUT2D eigenvalue weighted by molar-refractivity contribution is 6.30. The van der Waals surface area contributed by atoms with Gasteiger partial charge in [0.05, 0.1) is 0 Å². The van der Waals surface area contributed by atoms with Gasteiger partial charge in [0, 0.05) is 35.2 Å². The van der Waals surface area contributed by atoms with E-state index < -0.39 is 0 Å². The fraction of sp³-hybridized carbons (Fsp3) is 0.263. The van der Waals surface area contributed by atoms with Gasteiger partial charge in [-0.15, -0.1) is 0 Å². The Kier molecular flexibility index (Phi) is 5.62. The van der Waals surface area contributed by atoms with Crippen molar-refractivity contribution < 1.29 is 9.59 Å². The summed E-state index contributed by atoms with van der Waals surface area (Å²) < 4.78 is 0. The van der Waals surface area contributed by atoms with Crippen LogP contribution in [0, 0.1) is 0 Å². The first kappa shape index (κ1) is 18.0. The number of halogens is 1. The zero-order valence-electron chi connectivity index (χ0n) is 14.0. The summed E-state index contributed by atoms with van der Waals surface area (Å²) in [5, 5.41) is 6.30. The van der Waals surface area contributed by atoms with E-state index in [0.717, 1.165) is 5.56 Å². The van der Waals surface area contributed by atoms with Crippen LogP contribution in [0.25, 0.3) is 0 Å². The Balaban J connectivity index is 2.00. The lowest BCUT2D eigenvalue weighted by molar-refractivity contribution is -0.114. The zero-order valence-corrected chi connectivity index (χ0v) is 14.8. The maximum absolute atomic E-state index is 12.3. The van der Waals surface area contributed by atoms with Crippen LogP contribution in [0.1, 0.15) is 36.7 Å². The summed E-state index contributed by atoms with van der Waals surface area (Å²) in [7, 11) is 0. The van der Waals surface area contributed by atoms with Gasteiger partial charge in [-0.05, 0) is 42.0 Å². The van der Waals surface area contributed by atoms with Crippen LogP contribution in [-0.4, -0.2) is 18.4 Å². The van der Waals surface area contributed by atoms with Crippen LogP contribution in [-0.2, 0) is 10.2 Å². The molecule has 2 rings (SSSR count). The molecule has 0 saturated carbocycles. The van der Waals surface area contributed by atoms with Gasteiger partial charge in [-0.3, -0.25) is 9.59 Å². The SMILES string of the molecule is CC(=O)Nc1ccc(C(=O)NCC(C)(C)c2cccc(Cl)c2)cc1. The lowest BCUT2D eigenvalue weighted by Gasteiger charge is -2.26. The Labute approximate surface area is 147 Å². The second kappa shape index (κ2) is 7.49. The van der Waals surface area contributed by atoms with Gasteiger partial charge in [0.25, 0.3) is 5.91 Å². The highest BCUT2D eigenvalue weighted by Gasteiger charge is 2.22. The van der Waals surface area contributed by atoms with Crippen LogP contribution in [0.2, 0.25) is 5.02 Å². The van der Waals surface area contributed by atoms with Crippen molar-refractivity contribution in [1.82, 2.24) is 5.32 Å². The maximum atomic E-state index is 12.3. The van der Waals surface area contributed by atoms with E-state index in [9.17, 15) is 9.59 Å². The minimum atomic E-state index is -0.239. The Hall–Kier alpha value is -2.33. The summed E-state index contributed by atoms with van der Waals surface area (Å²) >= 11 is 6.04. The Morgan fingerprint density at radius 3 is 2.33 bits per heavy atom. The van der Waals surface area contributed by atoms with Crippen LogP contribution in [0.15, 0.2) is 48.5 Å². The van der Waals surface area contributed by atoms with Crippen molar-refractivity contribution in [3.8, 4) is 0 Å². The maximum Gasteiger partial charge on any atom is 0.251 e. The second-order valence-electron chi connectivity index (χ2n) is 6.34. The van der Waals surface area contributed by atoms with Crippen molar-refractivity contribution in [2.75, 3.05) is 11.9 Å². The Bertz CT molecular complexity index is 739. The molecular formula is C19H21ClN2O2. The Morgan fingerprint density at radius 2 is 1.75 bits per heavy atom. The molecule has 4 nitrogen and oxygen atoms in total. The van der Waals surface area contributed by atoms with Crippen LogP contribution < -0.4 is 10.6 Å². The molecule has 0 saturated heterocycles. The molecule has 0 atom stereocenters. The normalized spacial score (nSPS) is 11.0. The smallest absolute Gasteiger partial charge is 0.251 e. The summed E-state index contributed by atoms with van der Waals surface area (Å²) in [6.45, 7) is 6.04. The van der Waals surface area contributed by atoms with Gasteiger partial charge in [0.2, 0.25) is 5.91 Å². The number of hydrogen-bond acceptors (Lipinski definition) is 2. The molecule has 0 fully saturated rings. The predicted octanol–water partition coefficient (Wildman–Crippen LogP) is 4.01. The third-order valence-electron chi connectivity index (χ3n) is 3.76. The minimum Gasteiger partial charge on any atom is -0.351 e. The molecule has 0 aliphatic rings. The molecule has 5 heteroatoms. The van der Waals surface area contributed by atoms with Gasteiger partial charge < -0.3 is 10.6 Å². The third-order valence-corrected chi connectivity index (χ3v) is 4.00. The number of benzene rings is 2. The summed E-state index contributed by atoms with van der Waals surface area (Å²) in [4.78, 5) is 23.3. The summed E-state index contributed by atoms with van der Waals surface area (Å²) in [5.74, 6) is -0.296. The van der Waals surface area contributed by atoms with E-state index in [1.165, 1.54) is 6.92 Å². The molecule has 2 N–H and O–H groups in total. The van der Waals surface area contributed by atoms with Crippen LogP contribution >= 0.6 is 11.6 Å². The van der Waals surface area contributed by atoms with E-state index in [2.05, 4.69) is 24.5 Å². The van der Waals surface area contributed by atoms with E-state index >= 15 is 0 Å². The Morgan fingerprint density at radius 1 is 1.08 bits per heavy atom. The van der Waals surface area contributed by atoms with Gasteiger partial charge in [0.15, 0.2) is 0 Å². The zero-order chi connectivity index (χ0) is 17.7. The van der Waals surface area contributed by atoms with Crippen molar-refractivity contribution in [2.45, 2.75) is 26.2 Å². The van der Waals surface area contributed by atoms with Gasteiger partial charge in [0.1, 0.15) is 0 Å². The monoisotopic (exact) mass is 344 g/mol. The fourth-order valence-electron chi connectivity index (χ4n) is 2.32. The van der Waals surface area contributed by atoms with E-state index in [0.29, 0.717) is 22.8 Å². The third kappa shape index (κ3) is 4.83. The van der Waals surface area contributed by atoms with Crippen molar-refractivity contribution in [3.05, 3.63) is 64.7 Å². The number of rotatable bonds is 5. The number of amides is 2. The molecule has 2 amide bonds. The average Bonchev–Trinajstić information content (AvgIpc) is 2.53. The standard InChI is InChI=1S/C19H21ClN2O2/c1-13(23)22-17-9-7-14(8-10-17)18(24)21-12-19(2,3)15-5-4-6-16(20)11-15/h4-11H,12H2,1-3H3,(H,21,24)(H,22,23). The molecule has 0 aromatic heterocycles. The van der Waals surface area contributed by atoms with E-state index in [-0.39, 0.29) is 17.2 Å². The molecule has 0 aliphatic carbocycles. The van der Waals surface area contributed by atoms with Crippen molar-refractivity contribution in [2.24, 2.45) is 0 Å². The quantitative estimate of drug-likeness (QED) is 0.861. The molecule has 0 spiro atoms. The molecule has 2 aromatic carbocycles. The van der Waals surface area contributed by atoms with E-state index in [4.69, 9.17) is 11.6 Å². The van der Waals surface area contributed by atoms with Crippen molar-refractivity contribution in [1.29, 1.82) is 0 Å². The number of nitrogens with one attached hydrogen (secondary N) is 2. The van der Waals surface area contributed by atoms with Gasteiger partial charge in [-0.2, -0.15) is 0 Å². The number of anilines is 1. The molecule has 2 aromatic rings. The fourth-order valence-corrected chi connectivity index (χ4v) is 2.51.